The molecule has 0 amide bonds. The molecule has 1 aliphatic carbocycles. The smallest absolute Gasteiger partial charge is 0.288 e. The summed E-state index contributed by atoms with van der Waals surface area (Å²) < 4.78 is 60.9. The van der Waals surface area contributed by atoms with Crippen LogP contribution in [0.3, 0.4) is 0 Å². The Labute approximate surface area is 73.2 Å². The molecule has 0 aliphatic heterocycles. The number of hydrogen-bond acceptors (Lipinski definition) is 1. The van der Waals surface area contributed by atoms with Crippen molar-refractivity contribution in [2.45, 2.75) is 37.0 Å². The van der Waals surface area contributed by atoms with E-state index in [1.54, 1.807) is 0 Å². The zero-order valence-corrected chi connectivity index (χ0v) is 7.68. The highest BCUT2D eigenvalue weighted by Crippen LogP contribution is 3.01. The lowest BCUT2D eigenvalue weighted by Gasteiger charge is -2.49. The fourth-order valence-corrected chi connectivity index (χ4v) is 2.70. The lowest BCUT2D eigenvalue weighted by atomic mass is 9.96. The van der Waals surface area contributed by atoms with Gasteiger partial charge < -0.3 is 5.73 Å². The summed E-state index contributed by atoms with van der Waals surface area (Å²) >= 11 is 0. The maximum atomic E-state index is 12.2. The molecule has 0 bridgehead atoms. The van der Waals surface area contributed by atoms with Gasteiger partial charge in [0.1, 0.15) is 0 Å². The quantitative estimate of drug-likeness (QED) is 0.678. The third-order valence-corrected chi connectivity index (χ3v) is 4.08. The lowest BCUT2D eigenvalue weighted by Crippen LogP contribution is -2.34. The summed E-state index contributed by atoms with van der Waals surface area (Å²) in [6.45, 7) is 0. The summed E-state index contributed by atoms with van der Waals surface area (Å²) in [5.41, 5.74) is 5.33. The van der Waals surface area contributed by atoms with Crippen molar-refractivity contribution in [2.75, 3.05) is 0 Å². The first-order valence-electron chi connectivity index (χ1n) is 3.97. The van der Waals surface area contributed by atoms with Gasteiger partial charge in [-0.2, -0.15) is 0 Å². The number of rotatable bonds is 1. The minimum atomic E-state index is -9.24. The molecule has 7 heteroatoms. The number of nitrogens with two attached hydrogens (primary N) is 1. The van der Waals surface area contributed by atoms with Crippen molar-refractivity contribution in [3.8, 4) is 0 Å². The van der Waals surface area contributed by atoms with Crippen LogP contribution >= 0.6 is 10.2 Å². The molecular formula is C6H12F5NS. The van der Waals surface area contributed by atoms with E-state index in [1.165, 1.54) is 0 Å². The van der Waals surface area contributed by atoms with Crippen molar-refractivity contribution in [1.29, 1.82) is 0 Å². The highest BCUT2D eigenvalue weighted by Gasteiger charge is 2.69. The summed E-state index contributed by atoms with van der Waals surface area (Å²) in [5, 5.41) is -2.42. The molecule has 0 radical (unpaired) electrons. The standard InChI is InChI=1S/C6H12F5NS/c7-13(8,9,10,11)6-3-1-5(12)2-4-6/h5-6H,1-4,12H2. The molecular weight excluding hydrogens is 213 g/mol. The Hall–Kier alpha value is -0.0400. The van der Waals surface area contributed by atoms with Gasteiger partial charge in [0, 0.05) is 6.04 Å². The Kier molecular flexibility index (Phi) is 1.96. The topological polar surface area (TPSA) is 26.0 Å². The molecule has 0 aromatic carbocycles. The molecule has 1 rings (SSSR count). The van der Waals surface area contributed by atoms with Gasteiger partial charge in [0.2, 0.25) is 0 Å². The summed E-state index contributed by atoms with van der Waals surface area (Å²) in [7, 11) is -9.24. The van der Waals surface area contributed by atoms with Gasteiger partial charge in [0.25, 0.3) is 10.2 Å². The predicted molar refractivity (Wildman–Crippen MR) is 43.4 cm³/mol. The maximum Gasteiger partial charge on any atom is 0.288 e. The van der Waals surface area contributed by atoms with Gasteiger partial charge in [0.05, 0.1) is 5.25 Å². The van der Waals surface area contributed by atoms with Gasteiger partial charge in [-0.1, -0.05) is 19.4 Å². The fourth-order valence-electron chi connectivity index (χ4n) is 1.53. The first-order chi connectivity index (χ1) is 5.49. The molecule has 0 atom stereocenters. The van der Waals surface area contributed by atoms with Crippen molar-refractivity contribution < 1.29 is 19.4 Å². The van der Waals surface area contributed by atoms with Crippen LogP contribution in [-0.4, -0.2) is 11.3 Å². The average molecular weight is 225 g/mol. The van der Waals surface area contributed by atoms with E-state index in [0.717, 1.165) is 0 Å². The molecule has 13 heavy (non-hydrogen) atoms. The van der Waals surface area contributed by atoms with E-state index < -0.39 is 28.3 Å². The normalized spacial score (nSPS) is 36.5. The molecule has 0 spiro atoms. The van der Waals surface area contributed by atoms with Crippen LogP contribution in [0.5, 0.6) is 0 Å². The van der Waals surface area contributed by atoms with E-state index in [-0.39, 0.29) is 18.9 Å². The molecule has 0 aromatic heterocycles. The molecule has 1 saturated carbocycles. The molecule has 0 heterocycles. The minimum absolute atomic E-state index is 0.0380. The van der Waals surface area contributed by atoms with E-state index in [2.05, 4.69) is 0 Å². The van der Waals surface area contributed by atoms with Crippen LogP contribution < -0.4 is 5.73 Å². The Morgan fingerprint density at radius 1 is 0.846 bits per heavy atom. The van der Waals surface area contributed by atoms with Crippen LogP contribution in [0.4, 0.5) is 19.4 Å². The van der Waals surface area contributed by atoms with Crippen LogP contribution in [-0.2, 0) is 0 Å². The molecule has 1 nitrogen and oxygen atoms in total. The Morgan fingerprint density at radius 2 is 1.23 bits per heavy atom. The third-order valence-electron chi connectivity index (χ3n) is 2.35. The maximum absolute atomic E-state index is 12.2. The lowest BCUT2D eigenvalue weighted by molar-refractivity contribution is 0.307. The zero-order chi connectivity index (χ0) is 10.4. The van der Waals surface area contributed by atoms with E-state index >= 15 is 0 Å². The Morgan fingerprint density at radius 3 is 1.54 bits per heavy atom. The minimum Gasteiger partial charge on any atom is -0.328 e. The second-order valence-corrected chi connectivity index (χ2v) is 6.29. The van der Waals surface area contributed by atoms with E-state index in [0.29, 0.717) is 0 Å². The van der Waals surface area contributed by atoms with E-state index in [9.17, 15) is 19.4 Å². The van der Waals surface area contributed by atoms with Crippen LogP contribution in [0.15, 0.2) is 0 Å². The van der Waals surface area contributed by atoms with Gasteiger partial charge in [-0.05, 0) is 25.7 Å². The summed E-state index contributed by atoms with van der Waals surface area (Å²) in [6, 6.07) is -0.351. The molecule has 1 aliphatic rings. The molecule has 0 aromatic rings. The van der Waals surface area contributed by atoms with Crippen LogP contribution in [0, 0.1) is 0 Å². The van der Waals surface area contributed by atoms with Gasteiger partial charge in [0.15, 0.2) is 0 Å². The largest absolute Gasteiger partial charge is 0.328 e. The van der Waals surface area contributed by atoms with Crippen molar-refractivity contribution >= 4 is 10.2 Å². The van der Waals surface area contributed by atoms with Crippen molar-refractivity contribution in [1.82, 2.24) is 0 Å². The molecule has 0 unspecified atom stereocenters. The Bertz CT molecular complexity index is 200. The Balaban J connectivity index is 2.76. The van der Waals surface area contributed by atoms with Gasteiger partial charge in [-0.25, -0.2) is 0 Å². The average Bonchev–Trinajstić information content (AvgIpc) is 1.82. The summed E-state index contributed by atoms with van der Waals surface area (Å²) in [4.78, 5) is 0. The van der Waals surface area contributed by atoms with Gasteiger partial charge in [-0.3, -0.25) is 0 Å². The second-order valence-electron chi connectivity index (χ2n) is 3.57. The second kappa shape index (κ2) is 2.31. The summed E-state index contributed by atoms with van der Waals surface area (Å²) in [5.74, 6) is 0. The van der Waals surface area contributed by atoms with Crippen LogP contribution in [0.1, 0.15) is 25.7 Å². The van der Waals surface area contributed by atoms with Crippen molar-refractivity contribution in [3.05, 3.63) is 0 Å². The molecule has 2 N–H and O–H groups in total. The first-order valence-corrected chi connectivity index (χ1v) is 5.99. The SMILES string of the molecule is NC1CCC(S(F)(F)(F)(F)F)CC1. The fraction of sp³-hybridized carbons (Fsp3) is 1.00. The molecule has 0 saturated heterocycles. The van der Waals surface area contributed by atoms with Gasteiger partial charge >= 0.3 is 0 Å². The highest BCUT2D eigenvalue weighted by atomic mass is 32.5. The zero-order valence-electron chi connectivity index (χ0n) is 6.86. The monoisotopic (exact) mass is 225 g/mol. The predicted octanol–water partition coefficient (Wildman–Crippen LogP) is 3.55. The molecule has 82 valence electrons. The van der Waals surface area contributed by atoms with Crippen molar-refractivity contribution in [3.63, 3.8) is 0 Å². The van der Waals surface area contributed by atoms with Gasteiger partial charge in [-0.15, -0.1) is 0 Å². The van der Waals surface area contributed by atoms with Crippen molar-refractivity contribution in [2.24, 2.45) is 5.73 Å². The van der Waals surface area contributed by atoms with Crippen LogP contribution in [0.25, 0.3) is 0 Å². The first kappa shape index (κ1) is 11.0. The summed E-state index contributed by atoms with van der Waals surface area (Å²) in [6.07, 6.45) is -0.981. The van der Waals surface area contributed by atoms with Crippen LogP contribution in [0.2, 0.25) is 0 Å². The van der Waals surface area contributed by atoms with E-state index in [4.69, 9.17) is 5.73 Å². The van der Waals surface area contributed by atoms with E-state index in [1.807, 2.05) is 0 Å². The third kappa shape index (κ3) is 2.98. The number of hydrogen-bond donors (Lipinski definition) is 1. The highest BCUT2D eigenvalue weighted by molar-refractivity contribution is 8.46. The molecule has 1 fully saturated rings. The number of halogens is 5.